The van der Waals surface area contributed by atoms with E-state index in [1.165, 1.54) is 14.0 Å². The summed E-state index contributed by atoms with van der Waals surface area (Å²) >= 11 is 6.14. The molecule has 0 aliphatic heterocycles. The van der Waals surface area contributed by atoms with Crippen molar-refractivity contribution in [2.45, 2.75) is 33.2 Å². The fourth-order valence-electron chi connectivity index (χ4n) is 1.25. The van der Waals surface area contributed by atoms with E-state index in [1.807, 2.05) is 20.8 Å². The van der Waals surface area contributed by atoms with Crippen molar-refractivity contribution in [1.82, 2.24) is 9.78 Å². The third-order valence-electron chi connectivity index (χ3n) is 1.93. The Labute approximate surface area is 99.7 Å². The molecule has 0 radical (unpaired) electrons. The van der Waals surface area contributed by atoms with Crippen molar-refractivity contribution in [2.75, 3.05) is 12.4 Å². The lowest BCUT2D eigenvalue weighted by atomic mass is 10.1. The topological polar surface area (TPSA) is 56.1 Å². The van der Waals surface area contributed by atoms with Gasteiger partial charge in [0.15, 0.2) is 5.15 Å². The van der Waals surface area contributed by atoms with Crippen molar-refractivity contribution in [1.29, 1.82) is 0 Å². The lowest BCUT2D eigenvalue weighted by Crippen LogP contribution is -2.23. The number of anilines is 1. The molecule has 1 amide bonds. The Bertz CT molecular complexity index is 407. The Morgan fingerprint density at radius 1 is 1.50 bits per heavy atom. The predicted molar refractivity (Wildman–Crippen MR) is 63.1 cm³/mol. The molecular weight excluding hydrogens is 230 g/mol. The monoisotopic (exact) mass is 245 g/mol. The molecule has 0 saturated heterocycles. The largest absolute Gasteiger partial charge is 0.478 e. The summed E-state index contributed by atoms with van der Waals surface area (Å²) in [6.45, 7) is 7.29. The number of rotatable bonds is 2. The summed E-state index contributed by atoms with van der Waals surface area (Å²) in [7, 11) is 1.48. The zero-order valence-electron chi connectivity index (χ0n) is 10.1. The maximum atomic E-state index is 11.0. The number of hydrogen-bond donors (Lipinski definition) is 1. The fraction of sp³-hybridized carbons (Fsp3) is 0.600. The van der Waals surface area contributed by atoms with Crippen LogP contribution >= 0.6 is 11.6 Å². The number of hydrogen-bond acceptors (Lipinski definition) is 3. The fourth-order valence-corrected chi connectivity index (χ4v) is 1.67. The highest BCUT2D eigenvalue weighted by Crippen LogP contribution is 2.35. The van der Waals surface area contributed by atoms with E-state index in [9.17, 15) is 4.79 Å². The molecule has 1 aromatic heterocycles. The molecule has 5 nitrogen and oxygen atoms in total. The van der Waals surface area contributed by atoms with Gasteiger partial charge in [-0.15, -0.1) is 5.10 Å². The van der Waals surface area contributed by atoms with Crippen molar-refractivity contribution in [3.05, 3.63) is 5.15 Å². The van der Waals surface area contributed by atoms with Crippen molar-refractivity contribution in [2.24, 2.45) is 0 Å². The Morgan fingerprint density at radius 3 is 2.44 bits per heavy atom. The normalized spacial score (nSPS) is 11.4. The third kappa shape index (κ3) is 2.47. The van der Waals surface area contributed by atoms with E-state index in [-0.39, 0.29) is 11.4 Å². The second-order valence-electron chi connectivity index (χ2n) is 4.44. The lowest BCUT2D eigenvalue weighted by molar-refractivity contribution is -0.114. The summed E-state index contributed by atoms with van der Waals surface area (Å²) in [6, 6.07) is 0. The number of carbonyl (C=O) groups is 1. The zero-order chi connectivity index (χ0) is 12.5. The van der Waals surface area contributed by atoms with Gasteiger partial charge < -0.3 is 10.1 Å². The number of halogens is 1. The molecule has 0 fully saturated rings. The van der Waals surface area contributed by atoms with Gasteiger partial charge in [0.2, 0.25) is 5.91 Å². The first kappa shape index (κ1) is 12.8. The Morgan fingerprint density at radius 2 is 2.06 bits per heavy atom. The van der Waals surface area contributed by atoms with Crippen molar-refractivity contribution in [3.63, 3.8) is 0 Å². The number of ether oxygens (including phenoxy) is 1. The van der Waals surface area contributed by atoms with Crippen LogP contribution in [0.3, 0.4) is 0 Å². The van der Waals surface area contributed by atoms with E-state index >= 15 is 0 Å². The summed E-state index contributed by atoms with van der Waals surface area (Å²) in [5.41, 5.74) is 0.132. The molecule has 0 spiro atoms. The average molecular weight is 246 g/mol. The van der Waals surface area contributed by atoms with Crippen LogP contribution in [-0.4, -0.2) is 22.8 Å². The standard InChI is InChI=1S/C10H16ClN3O2/c1-6(15)12-7-8(11)14(10(2,3)4)13-9(7)16-5/h1-5H3,(H,12,15). The minimum atomic E-state index is -0.277. The van der Waals surface area contributed by atoms with Gasteiger partial charge in [0.1, 0.15) is 5.69 Å². The van der Waals surface area contributed by atoms with Crippen LogP contribution in [0, 0.1) is 0 Å². The molecule has 6 heteroatoms. The summed E-state index contributed by atoms with van der Waals surface area (Å²) < 4.78 is 6.68. The molecule has 90 valence electrons. The Hall–Kier alpha value is -1.23. The molecular formula is C10H16ClN3O2. The summed E-state index contributed by atoms with van der Waals surface area (Å²) in [6.07, 6.45) is 0. The van der Waals surface area contributed by atoms with Crippen LogP contribution in [-0.2, 0) is 10.3 Å². The van der Waals surface area contributed by atoms with Crippen LogP contribution in [0.1, 0.15) is 27.7 Å². The smallest absolute Gasteiger partial charge is 0.258 e. The van der Waals surface area contributed by atoms with Gasteiger partial charge in [-0.1, -0.05) is 11.6 Å². The third-order valence-corrected chi connectivity index (χ3v) is 2.28. The molecule has 1 rings (SSSR count). The van der Waals surface area contributed by atoms with E-state index in [1.54, 1.807) is 4.68 Å². The van der Waals surface area contributed by atoms with Crippen LogP contribution < -0.4 is 10.1 Å². The quantitative estimate of drug-likeness (QED) is 0.870. The average Bonchev–Trinajstić information content (AvgIpc) is 2.42. The maximum absolute atomic E-state index is 11.0. The van der Waals surface area contributed by atoms with Gasteiger partial charge >= 0.3 is 0 Å². The van der Waals surface area contributed by atoms with Crippen LogP contribution in [0.25, 0.3) is 0 Å². The molecule has 0 aliphatic carbocycles. The molecule has 0 aromatic carbocycles. The van der Waals surface area contributed by atoms with Crippen LogP contribution in [0.2, 0.25) is 5.15 Å². The molecule has 0 bridgehead atoms. The molecule has 0 saturated carbocycles. The highest BCUT2D eigenvalue weighted by Gasteiger charge is 2.25. The van der Waals surface area contributed by atoms with Gasteiger partial charge in [-0.3, -0.25) is 4.79 Å². The summed E-state index contributed by atoms with van der Waals surface area (Å²) in [4.78, 5) is 11.0. The number of aromatic nitrogens is 2. The van der Waals surface area contributed by atoms with E-state index < -0.39 is 0 Å². The summed E-state index contributed by atoms with van der Waals surface area (Å²) in [5, 5.41) is 7.17. The molecule has 1 heterocycles. The predicted octanol–water partition coefficient (Wildman–Crippen LogP) is 2.26. The number of carbonyl (C=O) groups excluding carboxylic acids is 1. The first-order valence-corrected chi connectivity index (χ1v) is 5.25. The summed E-state index contributed by atoms with van der Waals surface area (Å²) in [5.74, 6) is 0.101. The molecule has 0 aliphatic rings. The maximum Gasteiger partial charge on any atom is 0.258 e. The molecule has 0 atom stereocenters. The minimum Gasteiger partial charge on any atom is -0.478 e. The minimum absolute atomic E-state index is 0.214. The molecule has 16 heavy (non-hydrogen) atoms. The van der Waals surface area contributed by atoms with Crippen molar-refractivity contribution < 1.29 is 9.53 Å². The van der Waals surface area contributed by atoms with E-state index in [0.29, 0.717) is 16.7 Å². The van der Waals surface area contributed by atoms with E-state index in [4.69, 9.17) is 16.3 Å². The van der Waals surface area contributed by atoms with Gasteiger partial charge in [-0.2, -0.15) is 0 Å². The van der Waals surface area contributed by atoms with Gasteiger partial charge in [0.05, 0.1) is 12.6 Å². The molecule has 0 unspecified atom stereocenters. The SMILES string of the molecule is COc1nn(C(C)(C)C)c(Cl)c1NC(C)=O. The van der Waals surface area contributed by atoms with Crippen LogP contribution in [0.4, 0.5) is 5.69 Å². The zero-order valence-corrected chi connectivity index (χ0v) is 10.8. The van der Waals surface area contributed by atoms with Crippen LogP contribution in [0.5, 0.6) is 5.88 Å². The lowest BCUT2D eigenvalue weighted by Gasteiger charge is -2.19. The molecule has 1 aromatic rings. The van der Waals surface area contributed by atoms with E-state index in [0.717, 1.165) is 0 Å². The number of nitrogens with zero attached hydrogens (tertiary/aromatic N) is 2. The van der Waals surface area contributed by atoms with Crippen molar-refractivity contribution in [3.8, 4) is 5.88 Å². The second-order valence-corrected chi connectivity index (χ2v) is 4.80. The Kier molecular flexibility index (Phi) is 3.48. The van der Waals surface area contributed by atoms with Gasteiger partial charge in [-0.25, -0.2) is 4.68 Å². The second kappa shape index (κ2) is 4.33. The van der Waals surface area contributed by atoms with Crippen molar-refractivity contribution >= 4 is 23.2 Å². The molecule has 1 N–H and O–H groups in total. The highest BCUT2D eigenvalue weighted by molar-refractivity contribution is 6.33. The highest BCUT2D eigenvalue weighted by atomic mass is 35.5. The van der Waals surface area contributed by atoms with Gasteiger partial charge in [0, 0.05) is 6.92 Å². The van der Waals surface area contributed by atoms with Gasteiger partial charge in [-0.05, 0) is 20.8 Å². The first-order valence-electron chi connectivity index (χ1n) is 4.88. The number of nitrogens with one attached hydrogen (secondary N) is 1. The van der Waals surface area contributed by atoms with E-state index in [2.05, 4.69) is 10.4 Å². The van der Waals surface area contributed by atoms with Crippen LogP contribution in [0.15, 0.2) is 0 Å². The first-order chi connectivity index (χ1) is 7.27. The number of amides is 1. The number of methoxy groups -OCH3 is 1. The Balaban J connectivity index is 3.26. The van der Waals surface area contributed by atoms with Gasteiger partial charge in [0.25, 0.3) is 5.88 Å².